The van der Waals surface area contributed by atoms with E-state index in [1.54, 1.807) is 29.0 Å². The number of carboxylic acid groups (broad SMARTS) is 1. The third-order valence-corrected chi connectivity index (χ3v) is 4.27. The van der Waals surface area contributed by atoms with Crippen molar-refractivity contribution in [1.82, 2.24) is 4.90 Å². The van der Waals surface area contributed by atoms with E-state index < -0.39 is 5.97 Å². The highest BCUT2D eigenvalue weighted by atomic mass is 16.4. The number of carboxylic acids is 1. The summed E-state index contributed by atoms with van der Waals surface area (Å²) in [6.07, 6.45) is 2.38. The van der Waals surface area contributed by atoms with Crippen LogP contribution in [0, 0.1) is 0 Å². The van der Waals surface area contributed by atoms with E-state index in [4.69, 9.17) is 0 Å². The van der Waals surface area contributed by atoms with Crippen molar-refractivity contribution in [3.8, 4) is 0 Å². The second kappa shape index (κ2) is 6.16. The molecule has 0 bridgehead atoms. The Morgan fingerprint density at radius 3 is 2.76 bits per heavy atom. The summed E-state index contributed by atoms with van der Waals surface area (Å²) in [4.78, 5) is 27.4. The molecule has 1 aliphatic rings. The van der Waals surface area contributed by atoms with Gasteiger partial charge in [-0.15, -0.1) is 0 Å². The van der Waals surface area contributed by atoms with Crippen LogP contribution in [0.5, 0.6) is 0 Å². The molecular formula is C16H22N2O3. The normalized spacial score (nSPS) is 15.3. The lowest BCUT2D eigenvalue weighted by Crippen LogP contribution is -2.47. The van der Waals surface area contributed by atoms with Gasteiger partial charge in [0.1, 0.15) is 0 Å². The smallest absolute Gasteiger partial charge is 0.336 e. The number of rotatable bonds is 3. The number of urea groups is 1. The van der Waals surface area contributed by atoms with Crippen LogP contribution >= 0.6 is 0 Å². The van der Waals surface area contributed by atoms with Crippen LogP contribution in [0.4, 0.5) is 10.5 Å². The van der Waals surface area contributed by atoms with Gasteiger partial charge in [0.05, 0.1) is 5.56 Å². The summed E-state index contributed by atoms with van der Waals surface area (Å²) in [5.41, 5.74) is 1.81. The molecule has 1 aromatic carbocycles. The van der Waals surface area contributed by atoms with Crippen molar-refractivity contribution in [3.63, 3.8) is 0 Å². The molecule has 0 saturated carbocycles. The molecule has 1 aromatic rings. The van der Waals surface area contributed by atoms with Gasteiger partial charge in [-0.25, -0.2) is 9.59 Å². The number of fused-ring (bicyclic) bond motifs is 1. The lowest BCUT2D eigenvalue weighted by Gasteiger charge is -2.35. The van der Waals surface area contributed by atoms with Crippen molar-refractivity contribution in [2.75, 3.05) is 18.5 Å². The lowest BCUT2D eigenvalue weighted by atomic mass is 9.96. The van der Waals surface area contributed by atoms with Gasteiger partial charge in [-0.2, -0.15) is 0 Å². The van der Waals surface area contributed by atoms with Gasteiger partial charge < -0.3 is 10.0 Å². The number of hydrogen-bond acceptors (Lipinski definition) is 2. The maximum atomic E-state index is 12.6. The SMILES string of the molecule is CCC(C)N(C)C(=O)N1CCCc2c(C(=O)O)cccc21. The molecule has 2 amide bonds. The molecule has 1 heterocycles. The van der Waals surface area contributed by atoms with Crippen molar-refractivity contribution in [1.29, 1.82) is 0 Å². The van der Waals surface area contributed by atoms with E-state index in [1.165, 1.54) is 0 Å². The Hall–Kier alpha value is -2.04. The minimum Gasteiger partial charge on any atom is -0.478 e. The highest BCUT2D eigenvalue weighted by molar-refractivity contribution is 5.97. The molecule has 1 aliphatic heterocycles. The lowest BCUT2D eigenvalue weighted by molar-refractivity contribution is 0.0695. The number of anilines is 1. The maximum absolute atomic E-state index is 12.6. The van der Waals surface area contributed by atoms with E-state index in [0.29, 0.717) is 18.5 Å². The van der Waals surface area contributed by atoms with Gasteiger partial charge in [0.2, 0.25) is 0 Å². The maximum Gasteiger partial charge on any atom is 0.336 e. The minimum absolute atomic E-state index is 0.0622. The summed E-state index contributed by atoms with van der Waals surface area (Å²) in [6, 6.07) is 5.24. The molecule has 1 unspecified atom stereocenters. The number of carbonyl (C=O) groups excluding carboxylic acids is 1. The van der Waals surface area contributed by atoms with Crippen LogP contribution in [0.2, 0.25) is 0 Å². The van der Waals surface area contributed by atoms with E-state index in [0.717, 1.165) is 24.1 Å². The average Bonchev–Trinajstić information content (AvgIpc) is 2.51. The molecule has 5 nitrogen and oxygen atoms in total. The summed E-state index contributed by atoms with van der Waals surface area (Å²) >= 11 is 0. The van der Waals surface area contributed by atoms with Crippen LogP contribution in [-0.4, -0.2) is 41.6 Å². The molecule has 2 rings (SSSR count). The van der Waals surface area contributed by atoms with Crippen molar-refractivity contribution >= 4 is 17.7 Å². The van der Waals surface area contributed by atoms with Crippen molar-refractivity contribution in [2.45, 2.75) is 39.2 Å². The molecule has 1 N–H and O–H groups in total. The predicted molar refractivity (Wildman–Crippen MR) is 82.0 cm³/mol. The van der Waals surface area contributed by atoms with Crippen molar-refractivity contribution in [3.05, 3.63) is 29.3 Å². The Kier molecular flexibility index (Phi) is 4.50. The highest BCUT2D eigenvalue weighted by Gasteiger charge is 2.28. The standard InChI is InChI=1S/C16H22N2O3/c1-4-11(2)17(3)16(21)18-10-6-8-12-13(15(19)20)7-5-9-14(12)18/h5,7,9,11H,4,6,8,10H2,1-3H3,(H,19,20). The first-order valence-electron chi connectivity index (χ1n) is 7.36. The number of amides is 2. The number of benzene rings is 1. The second-order valence-corrected chi connectivity index (χ2v) is 5.51. The zero-order valence-electron chi connectivity index (χ0n) is 12.8. The first kappa shape index (κ1) is 15.4. The molecule has 114 valence electrons. The van der Waals surface area contributed by atoms with Gasteiger partial charge in [0.25, 0.3) is 0 Å². The van der Waals surface area contributed by atoms with Crippen LogP contribution in [0.15, 0.2) is 18.2 Å². The summed E-state index contributed by atoms with van der Waals surface area (Å²) in [6.45, 7) is 4.69. The van der Waals surface area contributed by atoms with Crippen molar-refractivity contribution in [2.24, 2.45) is 0 Å². The average molecular weight is 290 g/mol. The molecule has 0 aromatic heterocycles. The summed E-state index contributed by atoms with van der Waals surface area (Å²) in [5, 5.41) is 9.29. The molecular weight excluding hydrogens is 268 g/mol. The quantitative estimate of drug-likeness (QED) is 0.931. The number of hydrogen-bond donors (Lipinski definition) is 1. The van der Waals surface area contributed by atoms with E-state index in [1.807, 2.05) is 19.9 Å². The summed E-state index contributed by atoms with van der Waals surface area (Å²) in [5.74, 6) is -0.934. The largest absolute Gasteiger partial charge is 0.478 e. The van der Waals surface area contributed by atoms with Crippen LogP contribution in [0.1, 0.15) is 42.6 Å². The third kappa shape index (κ3) is 2.86. The summed E-state index contributed by atoms with van der Waals surface area (Å²) in [7, 11) is 1.80. The fourth-order valence-corrected chi connectivity index (χ4v) is 2.68. The van der Waals surface area contributed by atoms with Gasteiger partial charge in [0.15, 0.2) is 0 Å². The zero-order valence-corrected chi connectivity index (χ0v) is 12.8. The predicted octanol–water partition coefficient (Wildman–Crippen LogP) is 2.99. The number of aromatic carboxylic acids is 1. The van der Waals surface area contributed by atoms with Gasteiger partial charge in [-0.05, 0) is 43.9 Å². The second-order valence-electron chi connectivity index (χ2n) is 5.51. The van der Waals surface area contributed by atoms with E-state index in [-0.39, 0.29) is 12.1 Å². The molecule has 0 aliphatic carbocycles. The molecule has 1 atom stereocenters. The van der Waals surface area contributed by atoms with Crippen molar-refractivity contribution < 1.29 is 14.7 Å². The van der Waals surface area contributed by atoms with E-state index in [2.05, 4.69) is 0 Å². The Balaban J connectivity index is 2.37. The Labute approximate surface area is 125 Å². The Morgan fingerprint density at radius 1 is 1.43 bits per heavy atom. The van der Waals surface area contributed by atoms with Crippen LogP contribution < -0.4 is 4.90 Å². The Morgan fingerprint density at radius 2 is 2.14 bits per heavy atom. The topological polar surface area (TPSA) is 60.9 Å². The first-order chi connectivity index (χ1) is 9.97. The monoisotopic (exact) mass is 290 g/mol. The van der Waals surface area contributed by atoms with Crippen LogP contribution in [0.25, 0.3) is 0 Å². The van der Waals surface area contributed by atoms with Crippen LogP contribution in [-0.2, 0) is 6.42 Å². The first-order valence-corrected chi connectivity index (χ1v) is 7.36. The Bertz CT molecular complexity index is 556. The molecule has 0 saturated heterocycles. The van der Waals surface area contributed by atoms with Gasteiger partial charge in [0, 0.05) is 25.3 Å². The van der Waals surface area contributed by atoms with Gasteiger partial charge in [-0.3, -0.25) is 4.90 Å². The van der Waals surface area contributed by atoms with Gasteiger partial charge in [-0.1, -0.05) is 13.0 Å². The van der Waals surface area contributed by atoms with Gasteiger partial charge >= 0.3 is 12.0 Å². The number of nitrogens with zero attached hydrogens (tertiary/aromatic N) is 2. The highest BCUT2D eigenvalue weighted by Crippen LogP contribution is 2.31. The molecule has 0 spiro atoms. The fraction of sp³-hybridized carbons (Fsp3) is 0.500. The molecule has 5 heteroatoms. The molecule has 0 fully saturated rings. The van der Waals surface area contributed by atoms with E-state index in [9.17, 15) is 14.7 Å². The van der Waals surface area contributed by atoms with E-state index >= 15 is 0 Å². The summed E-state index contributed by atoms with van der Waals surface area (Å²) < 4.78 is 0. The fourth-order valence-electron chi connectivity index (χ4n) is 2.68. The molecule has 21 heavy (non-hydrogen) atoms. The number of carbonyl (C=O) groups is 2. The molecule has 0 radical (unpaired) electrons. The zero-order chi connectivity index (χ0) is 15.6. The minimum atomic E-state index is -0.934. The van der Waals surface area contributed by atoms with Crippen LogP contribution in [0.3, 0.4) is 0 Å². The third-order valence-electron chi connectivity index (χ3n) is 4.27.